The summed E-state index contributed by atoms with van der Waals surface area (Å²) in [7, 11) is 0. The van der Waals surface area contributed by atoms with Crippen LogP contribution in [0.25, 0.3) is 11.2 Å². The first-order valence-corrected chi connectivity index (χ1v) is 6.53. The van der Waals surface area contributed by atoms with E-state index < -0.39 is 0 Å². The van der Waals surface area contributed by atoms with E-state index in [1.807, 2.05) is 4.90 Å². The average molecular weight is 290 g/mol. The summed E-state index contributed by atoms with van der Waals surface area (Å²) >= 11 is 5.95. The van der Waals surface area contributed by atoms with E-state index in [1.165, 1.54) is 6.07 Å². The Kier molecular flexibility index (Phi) is 2.40. The largest absolute Gasteiger partial charge is 0.340 e. The molecule has 0 saturated heterocycles. The van der Waals surface area contributed by atoms with Crippen LogP contribution in [0.4, 0.5) is 15.9 Å². The fraction of sp³-hybridized carbons (Fsp3) is 0.154. The lowest BCUT2D eigenvalue weighted by Crippen LogP contribution is -2.15. The van der Waals surface area contributed by atoms with Crippen LogP contribution < -0.4 is 4.90 Å². The molecule has 1 aromatic carbocycles. The first-order chi connectivity index (χ1) is 9.72. The van der Waals surface area contributed by atoms with Crippen LogP contribution in [0.3, 0.4) is 0 Å². The molecule has 100 valence electrons. The first-order valence-electron chi connectivity index (χ1n) is 6.15. The molecule has 5 nitrogen and oxygen atoms in total. The highest BCUT2D eigenvalue weighted by molar-refractivity contribution is 6.28. The summed E-state index contributed by atoms with van der Waals surface area (Å²) < 4.78 is 13.3. The van der Waals surface area contributed by atoms with Gasteiger partial charge in [0.1, 0.15) is 11.3 Å². The maximum Gasteiger partial charge on any atom is 0.226 e. The molecule has 0 atom stereocenters. The molecule has 0 spiro atoms. The van der Waals surface area contributed by atoms with E-state index in [1.54, 1.807) is 18.5 Å². The van der Waals surface area contributed by atoms with Crippen LogP contribution >= 0.6 is 11.6 Å². The molecule has 3 aromatic rings. The Morgan fingerprint density at radius 2 is 2.20 bits per heavy atom. The molecule has 0 radical (unpaired) electrons. The van der Waals surface area contributed by atoms with Gasteiger partial charge in [-0.3, -0.25) is 0 Å². The summed E-state index contributed by atoms with van der Waals surface area (Å²) in [6, 6.07) is 4.77. The van der Waals surface area contributed by atoms with Gasteiger partial charge in [-0.25, -0.2) is 9.37 Å². The van der Waals surface area contributed by atoms with Gasteiger partial charge in [0.25, 0.3) is 0 Å². The third-order valence-corrected chi connectivity index (χ3v) is 3.60. The Balaban J connectivity index is 1.92. The minimum atomic E-state index is -0.224. The third kappa shape index (κ3) is 1.65. The van der Waals surface area contributed by atoms with Crippen molar-refractivity contribution in [3.8, 4) is 0 Å². The lowest BCUT2D eigenvalue weighted by atomic mass is 10.2. The average Bonchev–Trinajstić information content (AvgIpc) is 3.03. The van der Waals surface area contributed by atoms with Crippen LogP contribution in [-0.4, -0.2) is 26.5 Å². The fourth-order valence-corrected chi connectivity index (χ4v) is 2.74. The Bertz CT molecular complexity index is 816. The topological polar surface area (TPSA) is 57.7 Å². The van der Waals surface area contributed by atoms with Crippen LogP contribution in [0, 0.1) is 5.82 Å². The SMILES string of the molecule is Fc1ccc2c(c1)CCN2c1nc(Cl)nc2nc[nH]c12. The Morgan fingerprint density at radius 3 is 3.10 bits per heavy atom. The van der Waals surface area contributed by atoms with E-state index >= 15 is 0 Å². The number of nitrogens with one attached hydrogen (secondary N) is 1. The summed E-state index contributed by atoms with van der Waals surface area (Å²) in [5, 5.41) is 0.148. The molecular weight excluding hydrogens is 281 g/mol. The van der Waals surface area contributed by atoms with E-state index in [0.29, 0.717) is 11.5 Å². The molecule has 2 aromatic heterocycles. The molecule has 0 saturated carbocycles. The van der Waals surface area contributed by atoms with Gasteiger partial charge in [0.05, 0.1) is 6.33 Å². The predicted molar refractivity (Wildman–Crippen MR) is 73.8 cm³/mol. The van der Waals surface area contributed by atoms with Crippen molar-refractivity contribution in [2.45, 2.75) is 6.42 Å². The van der Waals surface area contributed by atoms with Crippen molar-refractivity contribution in [3.05, 3.63) is 41.2 Å². The summed E-state index contributed by atoms with van der Waals surface area (Å²) in [6.07, 6.45) is 2.32. The quantitative estimate of drug-likeness (QED) is 0.700. The van der Waals surface area contributed by atoms with Crippen LogP contribution in [0.2, 0.25) is 5.28 Å². The summed E-state index contributed by atoms with van der Waals surface area (Å²) in [6.45, 7) is 0.722. The number of hydrogen-bond acceptors (Lipinski definition) is 4. The summed E-state index contributed by atoms with van der Waals surface area (Å²) in [5.41, 5.74) is 3.16. The van der Waals surface area contributed by atoms with Crippen molar-refractivity contribution >= 4 is 34.3 Å². The number of anilines is 2. The van der Waals surface area contributed by atoms with Crippen molar-refractivity contribution in [2.75, 3.05) is 11.4 Å². The number of imidazole rings is 1. The third-order valence-electron chi connectivity index (χ3n) is 3.43. The maximum atomic E-state index is 13.3. The smallest absolute Gasteiger partial charge is 0.226 e. The van der Waals surface area contributed by atoms with Gasteiger partial charge in [0.2, 0.25) is 5.28 Å². The number of benzene rings is 1. The number of fused-ring (bicyclic) bond motifs is 2. The first kappa shape index (κ1) is 11.6. The van der Waals surface area contributed by atoms with Gasteiger partial charge < -0.3 is 9.88 Å². The number of aromatic nitrogens is 4. The van der Waals surface area contributed by atoms with Gasteiger partial charge in [-0.05, 0) is 41.8 Å². The van der Waals surface area contributed by atoms with Crippen LogP contribution in [0.15, 0.2) is 24.5 Å². The molecular formula is C13H9ClFN5. The van der Waals surface area contributed by atoms with E-state index in [0.717, 1.165) is 29.7 Å². The van der Waals surface area contributed by atoms with Crippen molar-refractivity contribution < 1.29 is 4.39 Å². The molecule has 0 bridgehead atoms. The zero-order chi connectivity index (χ0) is 13.7. The number of hydrogen-bond donors (Lipinski definition) is 1. The number of rotatable bonds is 1. The minimum absolute atomic E-state index is 0.148. The Labute approximate surface area is 118 Å². The second-order valence-electron chi connectivity index (χ2n) is 4.59. The highest BCUT2D eigenvalue weighted by Gasteiger charge is 2.24. The molecule has 1 aliphatic rings. The van der Waals surface area contributed by atoms with Crippen molar-refractivity contribution in [2.24, 2.45) is 0 Å². The fourth-order valence-electron chi connectivity index (χ4n) is 2.58. The molecule has 0 fully saturated rings. The van der Waals surface area contributed by atoms with Crippen LogP contribution in [0.5, 0.6) is 0 Å². The number of H-pyrrole nitrogens is 1. The lowest BCUT2D eigenvalue weighted by molar-refractivity contribution is 0.626. The van der Waals surface area contributed by atoms with Crippen molar-refractivity contribution in [3.63, 3.8) is 0 Å². The van der Waals surface area contributed by atoms with E-state index in [2.05, 4.69) is 19.9 Å². The van der Waals surface area contributed by atoms with Gasteiger partial charge >= 0.3 is 0 Å². The maximum absolute atomic E-state index is 13.3. The number of aromatic amines is 1. The molecule has 7 heteroatoms. The second-order valence-corrected chi connectivity index (χ2v) is 4.93. The minimum Gasteiger partial charge on any atom is -0.340 e. The predicted octanol–water partition coefficient (Wildman–Crippen LogP) is 2.84. The molecule has 1 N–H and O–H groups in total. The van der Waals surface area contributed by atoms with Crippen LogP contribution in [0.1, 0.15) is 5.56 Å². The molecule has 20 heavy (non-hydrogen) atoms. The van der Waals surface area contributed by atoms with E-state index in [4.69, 9.17) is 11.6 Å². The van der Waals surface area contributed by atoms with E-state index in [-0.39, 0.29) is 11.1 Å². The highest BCUT2D eigenvalue weighted by Crippen LogP contribution is 2.36. The van der Waals surface area contributed by atoms with Gasteiger partial charge in [-0.15, -0.1) is 0 Å². The highest BCUT2D eigenvalue weighted by atomic mass is 35.5. The number of halogens is 2. The number of nitrogens with zero attached hydrogens (tertiary/aromatic N) is 4. The lowest BCUT2D eigenvalue weighted by Gasteiger charge is -2.18. The van der Waals surface area contributed by atoms with Crippen LogP contribution in [-0.2, 0) is 6.42 Å². The normalized spacial score (nSPS) is 14.0. The van der Waals surface area contributed by atoms with Gasteiger partial charge in [-0.2, -0.15) is 9.97 Å². The standard InChI is InChI=1S/C13H9ClFN5/c14-13-18-11-10(16-6-17-11)12(19-13)20-4-3-7-5-8(15)1-2-9(7)20/h1-2,5-6H,3-4H2,(H,16,17,18,19). The van der Waals surface area contributed by atoms with E-state index in [9.17, 15) is 4.39 Å². The summed E-state index contributed by atoms with van der Waals surface area (Å²) in [5.74, 6) is 0.445. The zero-order valence-corrected chi connectivity index (χ0v) is 11.0. The zero-order valence-electron chi connectivity index (χ0n) is 10.3. The van der Waals surface area contributed by atoms with Gasteiger partial charge in [0.15, 0.2) is 11.5 Å². The second kappa shape index (κ2) is 4.14. The monoisotopic (exact) mass is 289 g/mol. The molecule has 4 rings (SSSR count). The molecule has 3 heterocycles. The molecule has 0 amide bonds. The Hall–Kier alpha value is -2.21. The van der Waals surface area contributed by atoms with Crippen molar-refractivity contribution in [1.29, 1.82) is 0 Å². The van der Waals surface area contributed by atoms with Crippen molar-refractivity contribution in [1.82, 2.24) is 19.9 Å². The van der Waals surface area contributed by atoms with Gasteiger partial charge in [0, 0.05) is 12.2 Å². The summed E-state index contributed by atoms with van der Waals surface area (Å²) in [4.78, 5) is 17.5. The molecule has 1 aliphatic heterocycles. The molecule has 0 unspecified atom stereocenters. The van der Waals surface area contributed by atoms with Gasteiger partial charge in [-0.1, -0.05) is 0 Å². The molecule has 0 aliphatic carbocycles. The Morgan fingerprint density at radius 1 is 1.30 bits per heavy atom.